The lowest BCUT2D eigenvalue weighted by Gasteiger charge is -2.36. The molecule has 1 heterocycles. The van der Waals surface area contributed by atoms with Crippen molar-refractivity contribution in [3.8, 4) is 5.75 Å². The number of rotatable bonds is 1. The third kappa shape index (κ3) is 2.41. The van der Waals surface area contributed by atoms with Crippen LogP contribution in [-0.4, -0.2) is 0 Å². The normalized spacial score (nSPS) is 22.8. The molecule has 0 spiro atoms. The van der Waals surface area contributed by atoms with Crippen molar-refractivity contribution in [1.29, 1.82) is 0 Å². The van der Waals surface area contributed by atoms with Crippen LogP contribution in [0.5, 0.6) is 5.75 Å². The third-order valence-electron chi connectivity index (χ3n) is 5.13. The molecule has 1 saturated carbocycles. The van der Waals surface area contributed by atoms with Gasteiger partial charge in [0, 0.05) is 11.5 Å². The summed E-state index contributed by atoms with van der Waals surface area (Å²) in [5.74, 6) is 1.05. The maximum Gasteiger partial charge on any atom is 0.416 e. The standard InChI is InChI=1S/C20H17F3O/c1-12-15-10-11-17(15)19(24-18-5-3-2-4-16(12)18)13-6-8-14(9-7-13)20(21,22)23/h2-9,17,19H,10-11H2,1H3. The topological polar surface area (TPSA) is 9.23 Å². The Morgan fingerprint density at radius 1 is 1.00 bits per heavy atom. The number of ether oxygens (including phenoxy) is 1. The Labute approximate surface area is 138 Å². The maximum atomic E-state index is 12.8. The summed E-state index contributed by atoms with van der Waals surface area (Å²) in [6.45, 7) is 2.11. The van der Waals surface area contributed by atoms with Crippen LogP contribution in [0.25, 0.3) is 5.57 Å². The first-order chi connectivity index (χ1) is 11.4. The van der Waals surface area contributed by atoms with Gasteiger partial charge in [0.25, 0.3) is 0 Å². The van der Waals surface area contributed by atoms with Crippen LogP contribution in [0, 0.1) is 5.92 Å². The lowest BCUT2D eigenvalue weighted by molar-refractivity contribution is -0.137. The van der Waals surface area contributed by atoms with Crippen molar-refractivity contribution < 1.29 is 17.9 Å². The van der Waals surface area contributed by atoms with Crippen LogP contribution in [-0.2, 0) is 6.18 Å². The molecule has 4 heteroatoms. The minimum Gasteiger partial charge on any atom is -0.484 e. The molecule has 2 aliphatic rings. The van der Waals surface area contributed by atoms with E-state index in [1.807, 2.05) is 24.3 Å². The van der Waals surface area contributed by atoms with Crippen LogP contribution in [0.1, 0.15) is 42.6 Å². The predicted octanol–water partition coefficient (Wildman–Crippen LogP) is 6.02. The van der Waals surface area contributed by atoms with E-state index in [0.29, 0.717) is 0 Å². The first-order valence-electron chi connectivity index (χ1n) is 8.08. The number of para-hydroxylation sites is 1. The Balaban J connectivity index is 1.74. The number of hydrogen-bond acceptors (Lipinski definition) is 1. The molecule has 2 atom stereocenters. The predicted molar refractivity (Wildman–Crippen MR) is 86.6 cm³/mol. The zero-order chi connectivity index (χ0) is 16.9. The summed E-state index contributed by atoms with van der Waals surface area (Å²) in [6.07, 6.45) is -2.50. The van der Waals surface area contributed by atoms with Crippen molar-refractivity contribution in [2.24, 2.45) is 5.92 Å². The summed E-state index contributed by atoms with van der Waals surface area (Å²) in [6, 6.07) is 13.3. The number of hydrogen-bond donors (Lipinski definition) is 0. The van der Waals surface area contributed by atoms with Crippen molar-refractivity contribution in [3.63, 3.8) is 0 Å². The fourth-order valence-electron chi connectivity index (χ4n) is 3.69. The van der Waals surface area contributed by atoms with E-state index in [-0.39, 0.29) is 12.0 Å². The molecule has 0 amide bonds. The van der Waals surface area contributed by atoms with Crippen LogP contribution in [0.4, 0.5) is 13.2 Å². The van der Waals surface area contributed by atoms with Gasteiger partial charge in [-0.2, -0.15) is 13.2 Å². The molecule has 1 nitrogen and oxygen atoms in total. The van der Waals surface area contributed by atoms with E-state index in [0.717, 1.165) is 41.9 Å². The second-order valence-corrected chi connectivity index (χ2v) is 6.45. The number of halogens is 3. The molecule has 1 fully saturated rings. The van der Waals surface area contributed by atoms with E-state index in [1.54, 1.807) is 12.1 Å². The lowest BCUT2D eigenvalue weighted by Crippen LogP contribution is -2.26. The average Bonchev–Trinajstić information content (AvgIpc) is 2.60. The van der Waals surface area contributed by atoms with E-state index < -0.39 is 11.7 Å². The number of fused-ring (bicyclic) bond motifs is 2. The van der Waals surface area contributed by atoms with Gasteiger partial charge in [-0.05, 0) is 49.1 Å². The van der Waals surface area contributed by atoms with E-state index in [1.165, 1.54) is 11.1 Å². The fourth-order valence-corrected chi connectivity index (χ4v) is 3.69. The average molecular weight is 330 g/mol. The molecule has 2 aromatic carbocycles. The molecule has 124 valence electrons. The van der Waals surface area contributed by atoms with Gasteiger partial charge in [0.05, 0.1) is 5.56 Å². The fraction of sp³-hybridized carbons (Fsp3) is 0.300. The molecule has 0 saturated heterocycles. The van der Waals surface area contributed by atoms with Crippen molar-refractivity contribution in [2.75, 3.05) is 0 Å². The first kappa shape index (κ1) is 15.3. The molecule has 0 bridgehead atoms. The van der Waals surface area contributed by atoms with E-state index >= 15 is 0 Å². The van der Waals surface area contributed by atoms with Crippen molar-refractivity contribution in [3.05, 3.63) is 70.8 Å². The molecule has 2 aromatic rings. The van der Waals surface area contributed by atoms with Gasteiger partial charge in [0.15, 0.2) is 0 Å². The highest BCUT2D eigenvalue weighted by atomic mass is 19.4. The maximum absolute atomic E-state index is 12.8. The van der Waals surface area contributed by atoms with Gasteiger partial charge < -0.3 is 4.74 Å². The molecule has 2 unspecified atom stereocenters. The highest BCUT2D eigenvalue weighted by Gasteiger charge is 2.39. The number of allylic oxidation sites excluding steroid dienone is 1. The Hall–Kier alpha value is -2.23. The molecule has 0 radical (unpaired) electrons. The molecule has 4 rings (SSSR count). The van der Waals surface area contributed by atoms with Gasteiger partial charge >= 0.3 is 6.18 Å². The first-order valence-corrected chi connectivity index (χ1v) is 8.08. The molecule has 0 aromatic heterocycles. The van der Waals surface area contributed by atoms with Crippen molar-refractivity contribution in [1.82, 2.24) is 0 Å². The molecular formula is C20H17F3O. The summed E-state index contributed by atoms with van der Waals surface area (Å²) in [7, 11) is 0. The van der Waals surface area contributed by atoms with E-state index in [9.17, 15) is 13.2 Å². The van der Waals surface area contributed by atoms with Gasteiger partial charge in [0.2, 0.25) is 0 Å². The SMILES string of the molecule is CC1=C2CCC2C(c2ccc(C(F)(F)F)cc2)Oc2ccccc21. The molecule has 24 heavy (non-hydrogen) atoms. The minimum atomic E-state index is -4.31. The highest BCUT2D eigenvalue weighted by Crippen LogP contribution is 2.51. The highest BCUT2D eigenvalue weighted by molar-refractivity contribution is 5.74. The summed E-state index contributed by atoms with van der Waals surface area (Å²) < 4.78 is 44.6. The van der Waals surface area contributed by atoms with Crippen LogP contribution in [0.3, 0.4) is 0 Å². The third-order valence-corrected chi connectivity index (χ3v) is 5.13. The summed E-state index contributed by atoms with van der Waals surface area (Å²) in [5, 5.41) is 0. The Bertz CT molecular complexity index is 802. The van der Waals surface area contributed by atoms with Gasteiger partial charge in [0.1, 0.15) is 11.9 Å². The number of benzene rings is 2. The monoisotopic (exact) mass is 330 g/mol. The summed E-state index contributed by atoms with van der Waals surface area (Å²) >= 11 is 0. The van der Waals surface area contributed by atoms with Crippen molar-refractivity contribution in [2.45, 2.75) is 32.0 Å². The smallest absolute Gasteiger partial charge is 0.416 e. The second-order valence-electron chi connectivity index (χ2n) is 6.45. The van der Waals surface area contributed by atoms with Gasteiger partial charge in [-0.3, -0.25) is 0 Å². The molecule has 1 aliphatic carbocycles. The zero-order valence-electron chi connectivity index (χ0n) is 13.2. The van der Waals surface area contributed by atoms with Crippen molar-refractivity contribution >= 4 is 5.57 Å². The van der Waals surface area contributed by atoms with Crippen LogP contribution < -0.4 is 4.74 Å². The molecule has 1 aliphatic heterocycles. The van der Waals surface area contributed by atoms with E-state index in [4.69, 9.17) is 4.74 Å². The number of alkyl halides is 3. The second kappa shape index (κ2) is 5.40. The Morgan fingerprint density at radius 3 is 2.33 bits per heavy atom. The van der Waals surface area contributed by atoms with Crippen LogP contribution >= 0.6 is 0 Å². The van der Waals surface area contributed by atoms with Crippen LogP contribution in [0.2, 0.25) is 0 Å². The quantitative estimate of drug-likeness (QED) is 0.621. The Morgan fingerprint density at radius 2 is 1.71 bits per heavy atom. The van der Waals surface area contributed by atoms with Crippen LogP contribution in [0.15, 0.2) is 54.1 Å². The van der Waals surface area contributed by atoms with Gasteiger partial charge in [-0.15, -0.1) is 0 Å². The minimum absolute atomic E-state index is 0.227. The van der Waals surface area contributed by atoms with Gasteiger partial charge in [-0.1, -0.05) is 35.9 Å². The zero-order valence-corrected chi connectivity index (χ0v) is 13.2. The Kier molecular flexibility index (Phi) is 3.44. The summed E-state index contributed by atoms with van der Waals surface area (Å²) in [4.78, 5) is 0. The summed E-state index contributed by atoms with van der Waals surface area (Å²) in [5.41, 5.74) is 3.88. The molecule has 0 N–H and O–H groups in total. The molecular weight excluding hydrogens is 313 g/mol. The largest absolute Gasteiger partial charge is 0.484 e. The lowest BCUT2D eigenvalue weighted by atomic mass is 9.71. The van der Waals surface area contributed by atoms with E-state index in [2.05, 4.69) is 6.92 Å². The van der Waals surface area contributed by atoms with Gasteiger partial charge in [-0.25, -0.2) is 0 Å².